The minimum absolute atomic E-state index is 0.350. The highest BCUT2D eigenvalue weighted by Crippen LogP contribution is 2.37. The van der Waals surface area contributed by atoms with Gasteiger partial charge in [0.2, 0.25) is 0 Å². The fourth-order valence-corrected chi connectivity index (χ4v) is 3.67. The van der Waals surface area contributed by atoms with Crippen LogP contribution >= 0.6 is 0 Å². The number of ether oxygens (including phenoxy) is 2. The molecule has 0 bridgehead atoms. The van der Waals surface area contributed by atoms with Crippen LogP contribution in [0.4, 0.5) is 0 Å². The van der Waals surface area contributed by atoms with Gasteiger partial charge in [0.1, 0.15) is 6.10 Å². The predicted molar refractivity (Wildman–Crippen MR) is 127 cm³/mol. The van der Waals surface area contributed by atoms with E-state index in [9.17, 15) is 9.90 Å². The number of hydrogen-bond acceptors (Lipinski definition) is 4. The van der Waals surface area contributed by atoms with E-state index in [4.69, 9.17) is 9.47 Å². The van der Waals surface area contributed by atoms with Crippen molar-refractivity contribution in [3.8, 4) is 0 Å². The van der Waals surface area contributed by atoms with Crippen molar-refractivity contribution in [2.24, 2.45) is 0 Å². The number of carbonyl (C=O) groups is 1. The van der Waals surface area contributed by atoms with Crippen LogP contribution in [0, 0.1) is 0 Å². The van der Waals surface area contributed by atoms with Gasteiger partial charge < -0.3 is 14.6 Å². The van der Waals surface area contributed by atoms with Crippen molar-refractivity contribution >= 4 is 5.97 Å². The summed E-state index contributed by atoms with van der Waals surface area (Å²) in [7, 11) is 0. The van der Waals surface area contributed by atoms with Crippen LogP contribution in [-0.2, 0) is 20.9 Å². The molecule has 4 aromatic carbocycles. The number of hydrogen-bond donors (Lipinski definition) is 1. The van der Waals surface area contributed by atoms with E-state index in [-0.39, 0.29) is 0 Å². The van der Waals surface area contributed by atoms with Crippen molar-refractivity contribution in [3.05, 3.63) is 144 Å². The van der Waals surface area contributed by atoms with Crippen LogP contribution in [0.25, 0.3) is 0 Å². The Morgan fingerprint density at radius 2 is 1.03 bits per heavy atom. The lowest BCUT2D eigenvalue weighted by molar-refractivity contribution is -0.170. The maximum Gasteiger partial charge on any atom is 0.340 e. The summed E-state index contributed by atoms with van der Waals surface area (Å²) in [4.78, 5) is 13.0. The van der Waals surface area contributed by atoms with Gasteiger partial charge in [0.15, 0.2) is 12.2 Å². The van der Waals surface area contributed by atoms with Crippen molar-refractivity contribution in [1.29, 1.82) is 0 Å². The molecule has 0 aliphatic carbocycles. The van der Waals surface area contributed by atoms with Gasteiger partial charge in [-0.25, -0.2) is 4.79 Å². The lowest BCUT2D eigenvalue weighted by atomic mass is 9.97. The molecule has 0 amide bonds. The van der Waals surface area contributed by atoms with Gasteiger partial charge in [-0.3, -0.25) is 0 Å². The smallest absolute Gasteiger partial charge is 0.340 e. The van der Waals surface area contributed by atoms with Crippen LogP contribution in [-0.4, -0.2) is 11.1 Å². The van der Waals surface area contributed by atoms with E-state index in [1.54, 1.807) is 24.3 Å². The largest absolute Gasteiger partial charge is 0.452 e. The average molecular weight is 439 g/mol. The van der Waals surface area contributed by atoms with Crippen LogP contribution in [0.1, 0.15) is 40.6 Å². The molecular weight excluding hydrogens is 412 g/mol. The summed E-state index contributed by atoms with van der Waals surface area (Å²) in [5, 5.41) is 10.6. The molecule has 4 heteroatoms. The SMILES string of the molecule is O=C(O[C@H](c1ccccc1)[C@H](OCc1ccccc1)c1ccccc1)[C@H](O)c1ccccc1. The number of aliphatic hydroxyl groups excluding tert-OH is 1. The fraction of sp³-hybridized carbons (Fsp3) is 0.138. The summed E-state index contributed by atoms with van der Waals surface area (Å²) < 4.78 is 12.3. The molecule has 0 aliphatic heterocycles. The van der Waals surface area contributed by atoms with Gasteiger partial charge in [-0.2, -0.15) is 0 Å². The third kappa shape index (κ3) is 5.95. The number of rotatable bonds is 9. The zero-order valence-electron chi connectivity index (χ0n) is 18.2. The Morgan fingerprint density at radius 1 is 0.606 bits per heavy atom. The summed E-state index contributed by atoms with van der Waals surface area (Å²) in [5.41, 5.74) is 3.16. The number of benzene rings is 4. The monoisotopic (exact) mass is 438 g/mol. The first-order chi connectivity index (χ1) is 16.2. The molecule has 1 N–H and O–H groups in total. The molecule has 0 saturated carbocycles. The zero-order valence-corrected chi connectivity index (χ0v) is 18.2. The van der Waals surface area contributed by atoms with Gasteiger partial charge in [0.05, 0.1) is 6.61 Å². The van der Waals surface area contributed by atoms with Crippen LogP contribution in [0.15, 0.2) is 121 Å². The first-order valence-corrected chi connectivity index (χ1v) is 10.9. The molecule has 0 radical (unpaired) electrons. The Balaban J connectivity index is 1.65. The standard InChI is InChI=1S/C29H26O4/c30-26(23-15-7-2-8-16-23)29(31)33-28(25-19-11-4-12-20-25)27(24-17-9-3-10-18-24)32-21-22-13-5-1-6-14-22/h1-20,26-28,30H,21H2/t26-,27-,28-/m1/s1. The molecular formula is C29H26O4. The molecule has 0 unspecified atom stereocenters. The fourth-order valence-electron chi connectivity index (χ4n) is 3.67. The average Bonchev–Trinajstić information content (AvgIpc) is 2.90. The molecule has 4 aromatic rings. The second-order valence-electron chi connectivity index (χ2n) is 7.71. The van der Waals surface area contributed by atoms with Crippen LogP contribution in [0.3, 0.4) is 0 Å². The third-order valence-corrected chi connectivity index (χ3v) is 5.39. The summed E-state index contributed by atoms with van der Waals surface area (Å²) in [5.74, 6) is -0.723. The molecule has 0 aromatic heterocycles. The van der Waals surface area contributed by atoms with Gasteiger partial charge in [0.25, 0.3) is 0 Å². The Bertz CT molecular complexity index is 1120. The first kappa shape index (κ1) is 22.5. The predicted octanol–water partition coefficient (Wildman–Crippen LogP) is 5.96. The summed E-state index contributed by atoms with van der Waals surface area (Å²) in [6.07, 6.45) is -2.70. The highest BCUT2D eigenvalue weighted by Gasteiger charge is 2.32. The summed E-state index contributed by atoms with van der Waals surface area (Å²) >= 11 is 0. The topological polar surface area (TPSA) is 55.8 Å². The first-order valence-electron chi connectivity index (χ1n) is 10.9. The molecule has 166 valence electrons. The Labute approximate surface area is 194 Å². The maximum atomic E-state index is 13.0. The Kier molecular flexibility index (Phi) is 7.64. The quantitative estimate of drug-likeness (QED) is 0.328. The number of esters is 1. The summed E-state index contributed by atoms with van der Waals surface area (Å²) in [6.45, 7) is 0.350. The van der Waals surface area contributed by atoms with E-state index < -0.39 is 24.3 Å². The van der Waals surface area contributed by atoms with E-state index in [0.29, 0.717) is 12.2 Å². The van der Waals surface area contributed by atoms with Gasteiger partial charge in [-0.05, 0) is 22.3 Å². The minimum atomic E-state index is -1.39. The molecule has 0 spiro atoms. The number of carbonyl (C=O) groups excluding carboxylic acids is 1. The number of aliphatic hydroxyl groups is 1. The van der Waals surface area contributed by atoms with Gasteiger partial charge >= 0.3 is 5.97 Å². The van der Waals surface area contributed by atoms with Crippen LogP contribution in [0.2, 0.25) is 0 Å². The molecule has 4 nitrogen and oxygen atoms in total. The van der Waals surface area contributed by atoms with E-state index in [1.807, 2.05) is 97.1 Å². The Morgan fingerprint density at radius 3 is 1.55 bits per heavy atom. The van der Waals surface area contributed by atoms with Crippen molar-refractivity contribution in [2.75, 3.05) is 0 Å². The minimum Gasteiger partial charge on any atom is -0.452 e. The molecule has 0 heterocycles. The molecule has 4 rings (SSSR count). The second-order valence-corrected chi connectivity index (χ2v) is 7.71. The van der Waals surface area contributed by atoms with E-state index in [2.05, 4.69) is 0 Å². The van der Waals surface area contributed by atoms with Crippen molar-refractivity contribution in [3.63, 3.8) is 0 Å². The molecule has 0 fully saturated rings. The molecule has 0 saturated heterocycles. The molecule has 33 heavy (non-hydrogen) atoms. The normalized spacial score (nSPS) is 13.6. The summed E-state index contributed by atoms with van der Waals surface area (Å²) in [6, 6.07) is 37.8. The van der Waals surface area contributed by atoms with Gasteiger partial charge in [0, 0.05) is 0 Å². The van der Waals surface area contributed by atoms with Crippen LogP contribution in [0.5, 0.6) is 0 Å². The van der Waals surface area contributed by atoms with E-state index in [0.717, 1.165) is 16.7 Å². The van der Waals surface area contributed by atoms with Crippen molar-refractivity contribution < 1.29 is 19.4 Å². The lowest BCUT2D eigenvalue weighted by Gasteiger charge is -2.29. The van der Waals surface area contributed by atoms with Gasteiger partial charge in [-0.15, -0.1) is 0 Å². The zero-order chi connectivity index (χ0) is 22.9. The van der Waals surface area contributed by atoms with Crippen molar-refractivity contribution in [1.82, 2.24) is 0 Å². The van der Waals surface area contributed by atoms with Crippen LogP contribution < -0.4 is 0 Å². The Hall–Kier alpha value is -3.73. The second kappa shape index (κ2) is 11.2. The third-order valence-electron chi connectivity index (χ3n) is 5.39. The van der Waals surface area contributed by atoms with E-state index >= 15 is 0 Å². The van der Waals surface area contributed by atoms with E-state index in [1.165, 1.54) is 0 Å². The maximum absolute atomic E-state index is 13.0. The highest BCUT2D eigenvalue weighted by molar-refractivity contribution is 5.76. The lowest BCUT2D eigenvalue weighted by Crippen LogP contribution is -2.24. The van der Waals surface area contributed by atoms with Gasteiger partial charge in [-0.1, -0.05) is 121 Å². The molecule has 0 aliphatic rings. The highest BCUT2D eigenvalue weighted by atomic mass is 16.6. The molecule has 3 atom stereocenters. The van der Waals surface area contributed by atoms with Crippen molar-refractivity contribution in [2.45, 2.75) is 24.9 Å².